The number of nitrogens with two attached hydrogens (primary N) is 1. The zero-order valence-corrected chi connectivity index (χ0v) is 8.26. The lowest BCUT2D eigenvalue weighted by Crippen LogP contribution is -2.15. The van der Waals surface area contributed by atoms with E-state index in [0.717, 1.165) is 4.88 Å². The topological polar surface area (TPSA) is 84.7 Å². The van der Waals surface area contributed by atoms with Gasteiger partial charge in [0.25, 0.3) is 5.56 Å². The van der Waals surface area contributed by atoms with E-state index in [0.29, 0.717) is 11.4 Å². The number of rotatable bonds is 1. The summed E-state index contributed by atoms with van der Waals surface area (Å²) in [5, 5.41) is 0. The van der Waals surface area contributed by atoms with Crippen molar-refractivity contribution < 1.29 is 0 Å². The number of nitrogens with one attached hydrogen (secondary N) is 1. The molecule has 0 unspecified atom stereocenters. The summed E-state index contributed by atoms with van der Waals surface area (Å²) < 4.78 is 0. The zero-order valence-electron chi connectivity index (χ0n) is 7.44. The number of H-pyrrole nitrogens is 1. The Bertz CT molecular complexity index is 503. The van der Waals surface area contributed by atoms with E-state index >= 15 is 0 Å². The highest BCUT2D eigenvalue weighted by molar-refractivity contribution is 7.13. The highest BCUT2D eigenvalue weighted by atomic mass is 32.1. The quantitative estimate of drug-likeness (QED) is 0.725. The van der Waals surface area contributed by atoms with Crippen molar-refractivity contribution in [2.45, 2.75) is 6.92 Å². The molecule has 6 heteroatoms. The molecule has 0 bridgehead atoms. The Morgan fingerprint density at radius 1 is 1.57 bits per heavy atom. The monoisotopic (exact) mass is 208 g/mol. The summed E-state index contributed by atoms with van der Waals surface area (Å²) in [6.45, 7) is 1.64. The van der Waals surface area contributed by atoms with Crippen LogP contribution in [0, 0.1) is 6.92 Å². The van der Waals surface area contributed by atoms with Gasteiger partial charge in [-0.05, 0) is 6.92 Å². The summed E-state index contributed by atoms with van der Waals surface area (Å²) in [5.41, 5.74) is 7.49. The number of aromatic nitrogens is 3. The van der Waals surface area contributed by atoms with Crippen LogP contribution in [0.2, 0.25) is 0 Å². The van der Waals surface area contributed by atoms with Gasteiger partial charge in [0.05, 0.1) is 16.0 Å². The first kappa shape index (κ1) is 8.89. The highest BCUT2D eigenvalue weighted by Crippen LogP contribution is 2.18. The average molecular weight is 208 g/mol. The van der Waals surface area contributed by atoms with E-state index in [2.05, 4.69) is 15.0 Å². The van der Waals surface area contributed by atoms with Gasteiger partial charge < -0.3 is 10.7 Å². The van der Waals surface area contributed by atoms with Crippen molar-refractivity contribution in [1.82, 2.24) is 15.0 Å². The normalized spacial score (nSPS) is 10.4. The molecule has 2 aromatic heterocycles. The maximum atomic E-state index is 11.4. The minimum atomic E-state index is -0.207. The Labute approximate surface area is 83.7 Å². The first-order valence-electron chi connectivity index (χ1n) is 3.93. The maximum absolute atomic E-state index is 11.4. The van der Waals surface area contributed by atoms with Crippen molar-refractivity contribution in [3.8, 4) is 10.7 Å². The minimum absolute atomic E-state index is 0.207. The minimum Gasteiger partial charge on any atom is -0.383 e. The van der Waals surface area contributed by atoms with Crippen LogP contribution in [0.3, 0.4) is 0 Å². The van der Waals surface area contributed by atoms with E-state index in [-0.39, 0.29) is 11.4 Å². The van der Waals surface area contributed by atoms with Gasteiger partial charge in [0.1, 0.15) is 5.82 Å². The summed E-state index contributed by atoms with van der Waals surface area (Å²) in [4.78, 5) is 22.8. The van der Waals surface area contributed by atoms with Crippen molar-refractivity contribution in [3.63, 3.8) is 0 Å². The third-order valence-electron chi connectivity index (χ3n) is 1.85. The lowest BCUT2D eigenvalue weighted by atomic mass is 10.3. The number of nitrogens with zero attached hydrogens (tertiary/aromatic N) is 2. The van der Waals surface area contributed by atoms with Crippen molar-refractivity contribution in [1.29, 1.82) is 0 Å². The fraction of sp³-hybridized carbons (Fsp3) is 0.125. The average Bonchev–Trinajstić information content (AvgIpc) is 2.66. The van der Waals surface area contributed by atoms with E-state index in [1.807, 2.05) is 0 Å². The molecule has 14 heavy (non-hydrogen) atoms. The van der Waals surface area contributed by atoms with E-state index in [4.69, 9.17) is 5.73 Å². The van der Waals surface area contributed by atoms with Crippen molar-refractivity contribution in [2.24, 2.45) is 0 Å². The fourth-order valence-corrected chi connectivity index (χ4v) is 1.56. The van der Waals surface area contributed by atoms with E-state index < -0.39 is 0 Å². The summed E-state index contributed by atoms with van der Waals surface area (Å²) in [6.07, 6.45) is 1.64. The predicted octanol–water partition coefficient (Wildman–Crippen LogP) is 0.784. The van der Waals surface area contributed by atoms with Gasteiger partial charge in [-0.25, -0.2) is 4.98 Å². The zero-order chi connectivity index (χ0) is 10.1. The van der Waals surface area contributed by atoms with Crippen LogP contribution >= 0.6 is 11.3 Å². The molecule has 0 aliphatic heterocycles. The lowest BCUT2D eigenvalue weighted by molar-refractivity contribution is 1.10. The van der Waals surface area contributed by atoms with Crippen molar-refractivity contribution in [3.05, 3.63) is 27.6 Å². The molecule has 5 nitrogen and oxygen atoms in total. The molecule has 2 heterocycles. The molecule has 0 aliphatic rings. The van der Waals surface area contributed by atoms with Crippen LogP contribution in [-0.2, 0) is 0 Å². The lowest BCUT2D eigenvalue weighted by Gasteiger charge is -2.00. The number of hydrogen-bond donors (Lipinski definition) is 2. The van der Waals surface area contributed by atoms with Gasteiger partial charge in [-0.1, -0.05) is 0 Å². The van der Waals surface area contributed by atoms with Crippen LogP contribution in [0.1, 0.15) is 5.56 Å². The SMILES string of the molecule is Cc1c(N)nc(-c2cncs2)[nH]c1=O. The summed E-state index contributed by atoms with van der Waals surface area (Å²) >= 11 is 1.40. The molecule has 3 N–H and O–H groups in total. The Balaban J connectivity index is 2.63. The van der Waals surface area contributed by atoms with Crippen LogP contribution in [0.5, 0.6) is 0 Å². The standard InChI is InChI=1S/C8H8N4OS/c1-4-6(9)11-7(12-8(4)13)5-2-10-3-14-5/h2-3H,1H3,(H3,9,11,12,13). The van der Waals surface area contributed by atoms with Gasteiger partial charge in [-0.15, -0.1) is 11.3 Å². The summed E-state index contributed by atoms with van der Waals surface area (Å²) in [6, 6.07) is 0. The Morgan fingerprint density at radius 3 is 2.93 bits per heavy atom. The molecule has 72 valence electrons. The third-order valence-corrected chi connectivity index (χ3v) is 2.63. The van der Waals surface area contributed by atoms with E-state index in [1.165, 1.54) is 11.3 Å². The number of nitrogen functional groups attached to an aromatic ring is 1. The molecule has 0 saturated carbocycles. The molecule has 0 fully saturated rings. The van der Waals surface area contributed by atoms with Gasteiger partial charge in [-0.2, -0.15) is 0 Å². The molecule has 2 aromatic rings. The Kier molecular flexibility index (Phi) is 2.05. The molecule has 0 amide bonds. The molecule has 0 atom stereocenters. The highest BCUT2D eigenvalue weighted by Gasteiger charge is 2.06. The second-order valence-electron chi connectivity index (χ2n) is 2.79. The third kappa shape index (κ3) is 1.39. The first-order valence-corrected chi connectivity index (χ1v) is 4.81. The number of aromatic amines is 1. The summed E-state index contributed by atoms with van der Waals surface area (Å²) in [5.74, 6) is 0.734. The second kappa shape index (κ2) is 3.22. The van der Waals surface area contributed by atoms with Gasteiger partial charge in [0.15, 0.2) is 5.82 Å². The molecule has 0 aliphatic carbocycles. The first-order chi connectivity index (χ1) is 6.68. The van der Waals surface area contributed by atoms with Crippen molar-refractivity contribution >= 4 is 17.2 Å². The predicted molar refractivity (Wildman–Crippen MR) is 55.1 cm³/mol. The van der Waals surface area contributed by atoms with Gasteiger partial charge >= 0.3 is 0 Å². The smallest absolute Gasteiger partial charge is 0.256 e. The Morgan fingerprint density at radius 2 is 2.36 bits per heavy atom. The molecule has 2 rings (SSSR count). The van der Waals surface area contributed by atoms with Gasteiger partial charge in [-0.3, -0.25) is 9.78 Å². The molecular formula is C8H8N4OS. The van der Waals surface area contributed by atoms with E-state index in [9.17, 15) is 4.79 Å². The van der Waals surface area contributed by atoms with Gasteiger partial charge in [0.2, 0.25) is 0 Å². The maximum Gasteiger partial charge on any atom is 0.256 e. The van der Waals surface area contributed by atoms with Crippen LogP contribution < -0.4 is 11.3 Å². The molecule has 0 saturated heterocycles. The number of hydrogen-bond acceptors (Lipinski definition) is 5. The van der Waals surface area contributed by atoms with Crippen LogP contribution in [0.4, 0.5) is 5.82 Å². The molecule has 0 radical (unpaired) electrons. The Hall–Kier alpha value is -1.69. The van der Waals surface area contributed by atoms with Crippen LogP contribution in [0.15, 0.2) is 16.5 Å². The number of anilines is 1. The van der Waals surface area contributed by atoms with Crippen molar-refractivity contribution in [2.75, 3.05) is 5.73 Å². The largest absolute Gasteiger partial charge is 0.383 e. The fourth-order valence-electron chi connectivity index (χ4n) is 0.999. The van der Waals surface area contributed by atoms with Gasteiger partial charge in [0, 0.05) is 6.20 Å². The molecule has 0 spiro atoms. The van der Waals surface area contributed by atoms with Crippen LogP contribution in [0.25, 0.3) is 10.7 Å². The van der Waals surface area contributed by atoms with E-state index in [1.54, 1.807) is 18.6 Å². The molecular weight excluding hydrogens is 200 g/mol. The second-order valence-corrected chi connectivity index (χ2v) is 3.68. The molecule has 0 aromatic carbocycles. The van der Waals surface area contributed by atoms with Crippen LogP contribution in [-0.4, -0.2) is 15.0 Å². The summed E-state index contributed by atoms with van der Waals surface area (Å²) in [7, 11) is 0. The number of thiazole rings is 1.